The maximum absolute atomic E-state index is 13.3. The topological polar surface area (TPSA) is 79.0 Å². The van der Waals surface area contributed by atoms with Crippen LogP contribution in [0, 0.1) is 13.8 Å². The van der Waals surface area contributed by atoms with Crippen LogP contribution >= 0.6 is 0 Å². The smallest absolute Gasteiger partial charge is 0.262 e. The Balaban J connectivity index is 1.54. The summed E-state index contributed by atoms with van der Waals surface area (Å²) in [4.78, 5) is 17.3. The first-order valence-corrected chi connectivity index (χ1v) is 13.1. The van der Waals surface area contributed by atoms with Gasteiger partial charge >= 0.3 is 0 Å². The highest BCUT2D eigenvalue weighted by molar-refractivity contribution is 7.92. The molecular formula is C27H31N3O4S. The van der Waals surface area contributed by atoms with Gasteiger partial charge in [0.1, 0.15) is 0 Å². The molecule has 35 heavy (non-hydrogen) atoms. The average molecular weight is 494 g/mol. The normalized spacial score (nSPS) is 14.0. The number of nitrogens with one attached hydrogen (secondary N) is 1. The molecule has 0 aliphatic carbocycles. The Morgan fingerprint density at radius 1 is 1.00 bits per heavy atom. The lowest BCUT2D eigenvalue weighted by atomic mass is 10.1. The molecule has 8 heteroatoms. The summed E-state index contributed by atoms with van der Waals surface area (Å²) in [6, 6.07) is 20.0. The van der Waals surface area contributed by atoms with Crippen molar-refractivity contribution in [3.05, 3.63) is 89.0 Å². The van der Waals surface area contributed by atoms with Crippen molar-refractivity contribution >= 4 is 27.3 Å². The van der Waals surface area contributed by atoms with Gasteiger partial charge in [0.15, 0.2) is 0 Å². The van der Waals surface area contributed by atoms with E-state index in [9.17, 15) is 13.2 Å². The molecule has 184 valence electrons. The highest BCUT2D eigenvalue weighted by atomic mass is 32.2. The molecule has 0 aromatic heterocycles. The molecule has 1 fully saturated rings. The van der Waals surface area contributed by atoms with E-state index in [0.29, 0.717) is 36.6 Å². The number of nitrogens with zero attached hydrogens (tertiary/aromatic N) is 2. The lowest BCUT2D eigenvalue weighted by molar-refractivity contribution is 0.0784. The average Bonchev–Trinajstić information content (AvgIpc) is 2.86. The Morgan fingerprint density at radius 2 is 1.69 bits per heavy atom. The van der Waals surface area contributed by atoms with Gasteiger partial charge in [0, 0.05) is 43.6 Å². The minimum absolute atomic E-state index is 0.0889. The number of benzene rings is 3. The molecule has 0 unspecified atom stereocenters. The molecule has 0 radical (unpaired) electrons. The molecule has 1 aliphatic heterocycles. The third-order valence-electron chi connectivity index (χ3n) is 6.13. The SMILES string of the molecule is Cc1ccc(NS(=O)(=O)c2cc(C(=O)N(C)Cc3ccccc3N3CCOCC3)ccc2C)cc1. The summed E-state index contributed by atoms with van der Waals surface area (Å²) in [5, 5.41) is 0. The highest BCUT2D eigenvalue weighted by Gasteiger charge is 2.22. The van der Waals surface area contributed by atoms with Crippen molar-refractivity contribution in [2.75, 3.05) is 43.0 Å². The summed E-state index contributed by atoms with van der Waals surface area (Å²) in [5.41, 5.74) is 4.53. The van der Waals surface area contributed by atoms with Crippen LogP contribution in [0.4, 0.5) is 11.4 Å². The Labute approximate surface area is 207 Å². The molecule has 3 aromatic carbocycles. The standard InChI is InChI=1S/C27H31N3O4S/c1-20-8-12-24(13-9-20)28-35(32,33)26-18-22(11-10-21(26)2)27(31)29(3)19-23-6-4-5-7-25(23)30-14-16-34-17-15-30/h4-13,18,28H,14-17,19H2,1-3H3. The van der Waals surface area contributed by atoms with Gasteiger partial charge in [-0.1, -0.05) is 42.0 Å². The maximum atomic E-state index is 13.3. The van der Waals surface area contributed by atoms with E-state index < -0.39 is 10.0 Å². The monoisotopic (exact) mass is 493 g/mol. The van der Waals surface area contributed by atoms with E-state index in [1.165, 1.54) is 6.07 Å². The van der Waals surface area contributed by atoms with Crippen molar-refractivity contribution in [3.8, 4) is 0 Å². The maximum Gasteiger partial charge on any atom is 0.262 e. The number of rotatable bonds is 7. The predicted octanol–water partition coefficient (Wildman–Crippen LogP) is 4.21. The largest absolute Gasteiger partial charge is 0.378 e. The van der Waals surface area contributed by atoms with Crippen LogP contribution in [0.3, 0.4) is 0 Å². The van der Waals surface area contributed by atoms with Crippen molar-refractivity contribution in [1.82, 2.24) is 4.90 Å². The van der Waals surface area contributed by atoms with Crippen molar-refractivity contribution in [2.45, 2.75) is 25.3 Å². The Bertz CT molecular complexity index is 1300. The molecular weight excluding hydrogens is 462 g/mol. The Kier molecular flexibility index (Phi) is 7.42. The lowest BCUT2D eigenvalue weighted by Gasteiger charge is -2.31. The van der Waals surface area contributed by atoms with Crippen LogP contribution < -0.4 is 9.62 Å². The molecule has 0 atom stereocenters. The van der Waals surface area contributed by atoms with Crippen LogP contribution in [0.25, 0.3) is 0 Å². The first-order valence-electron chi connectivity index (χ1n) is 11.6. The van der Waals surface area contributed by atoms with E-state index in [4.69, 9.17) is 4.74 Å². The number of anilines is 2. The number of sulfonamides is 1. The number of carbonyl (C=O) groups is 1. The van der Waals surface area contributed by atoms with Gasteiger partial charge in [-0.2, -0.15) is 0 Å². The second-order valence-electron chi connectivity index (χ2n) is 8.84. The minimum atomic E-state index is -3.86. The molecule has 7 nitrogen and oxygen atoms in total. The third-order valence-corrected chi connectivity index (χ3v) is 7.65. The van der Waals surface area contributed by atoms with Crippen molar-refractivity contribution in [1.29, 1.82) is 0 Å². The number of carbonyl (C=O) groups excluding carboxylic acids is 1. The van der Waals surface area contributed by atoms with Gasteiger partial charge in [0.2, 0.25) is 0 Å². The number of hydrogen-bond donors (Lipinski definition) is 1. The fourth-order valence-electron chi connectivity index (χ4n) is 4.16. The quantitative estimate of drug-likeness (QED) is 0.533. The van der Waals surface area contributed by atoms with Crippen LogP contribution in [0.1, 0.15) is 27.0 Å². The number of aryl methyl sites for hydroxylation is 2. The first-order chi connectivity index (χ1) is 16.7. The van der Waals surface area contributed by atoms with E-state index in [1.54, 1.807) is 43.1 Å². The van der Waals surface area contributed by atoms with Gasteiger partial charge in [-0.05, 0) is 55.3 Å². The van der Waals surface area contributed by atoms with Gasteiger partial charge < -0.3 is 14.5 Å². The van der Waals surface area contributed by atoms with Gasteiger partial charge in [-0.25, -0.2) is 8.42 Å². The molecule has 1 aliphatic rings. The first kappa shape index (κ1) is 24.8. The Morgan fingerprint density at radius 3 is 2.40 bits per heavy atom. The zero-order valence-corrected chi connectivity index (χ0v) is 21.1. The molecule has 1 heterocycles. The van der Waals surface area contributed by atoms with Crippen LogP contribution in [0.5, 0.6) is 0 Å². The fraction of sp³-hybridized carbons (Fsp3) is 0.296. The lowest BCUT2D eigenvalue weighted by Crippen LogP contribution is -2.37. The van der Waals surface area contributed by atoms with Crippen LogP contribution in [0.15, 0.2) is 71.6 Å². The Hall–Kier alpha value is -3.36. The molecule has 4 rings (SSSR count). The zero-order chi connectivity index (χ0) is 25.0. The summed E-state index contributed by atoms with van der Waals surface area (Å²) in [6.07, 6.45) is 0. The molecule has 0 saturated carbocycles. The van der Waals surface area contributed by atoms with E-state index in [-0.39, 0.29) is 10.8 Å². The van der Waals surface area contributed by atoms with Crippen LogP contribution in [0.2, 0.25) is 0 Å². The highest BCUT2D eigenvalue weighted by Crippen LogP contribution is 2.25. The van der Waals surface area contributed by atoms with Crippen LogP contribution in [-0.2, 0) is 21.3 Å². The minimum Gasteiger partial charge on any atom is -0.378 e. The zero-order valence-electron chi connectivity index (χ0n) is 20.3. The van der Waals surface area contributed by atoms with Gasteiger partial charge in [0.05, 0.1) is 18.1 Å². The third kappa shape index (κ3) is 5.83. The summed E-state index contributed by atoms with van der Waals surface area (Å²) >= 11 is 0. The van der Waals surface area contributed by atoms with Crippen molar-refractivity contribution in [3.63, 3.8) is 0 Å². The van der Waals surface area contributed by atoms with E-state index in [2.05, 4.69) is 15.7 Å². The molecule has 3 aromatic rings. The van der Waals surface area contributed by atoms with Crippen LogP contribution in [-0.4, -0.2) is 52.6 Å². The van der Waals surface area contributed by atoms with Gasteiger partial charge in [-0.3, -0.25) is 9.52 Å². The summed E-state index contributed by atoms with van der Waals surface area (Å²) in [7, 11) is -2.12. The van der Waals surface area contributed by atoms with E-state index in [1.807, 2.05) is 37.3 Å². The molecule has 1 saturated heterocycles. The van der Waals surface area contributed by atoms with Crippen molar-refractivity contribution in [2.24, 2.45) is 0 Å². The van der Waals surface area contributed by atoms with E-state index in [0.717, 1.165) is 29.9 Å². The van der Waals surface area contributed by atoms with E-state index >= 15 is 0 Å². The molecule has 0 bridgehead atoms. The predicted molar refractivity (Wildman–Crippen MR) is 138 cm³/mol. The molecule has 1 N–H and O–H groups in total. The van der Waals surface area contributed by atoms with Gasteiger partial charge in [0.25, 0.3) is 15.9 Å². The van der Waals surface area contributed by atoms with Crippen molar-refractivity contribution < 1.29 is 17.9 Å². The summed E-state index contributed by atoms with van der Waals surface area (Å²) < 4.78 is 34.3. The second kappa shape index (κ2) is 10.5. The fourth-order valence-corrected chi connectivity index (χ4v) is 5.49. The number of morpholine rings is 1. The molecule has 0 spiro atoms. The van der Waals surface area contributed by atoms with Gasteiger partial charge in [-0.15, -0.1) is 0 Å². The summed E-state index contributed by atoms with van der Waals surface area (Å²) in [5.74, 6) is -0.242. The molecule has 1 amide bonds. The number of ether oxygens (including phenoxy) is 1. The summed E-state index contributed by atoms with van der Waals surface area (Å²) in [6.45, 7) is 7.04. The second-order valence-corrected chi connectivity index (χ2v) is 10.5. The number of amides is 1. The number of para-hydroxylation sites is 1. The number of hydrogen-bond acceptors (Lipinski definition) is 5.